The van der Waals surface area contributed by atoms with Gasteiger partial charge in [-0.1, -0.05) is 33.3 Å². The highest BCUT2D eigenvalue weighted by atomic mass is 16.6. The molecular weight excluding hydrogens is 556 g/mol. The molecule has 10 nitrogen and oxygen atoms in total. The molecule has 0 amide bonds. The molecule has 43 heavy (non-hydrogen) atoms. The first kappa shape index (κ1) is 31.0. The summed E-state index contributed by atoms with van der Waals surface area (Å²) in [5.74, 6) is -7.17. The van der Waals surface area contributed by atoms with E-state index in [1.54, 1.807) is 32.4 Å². The van der Waals surface area contributed by atoms with Crippen molar-refractivity contribution in [2.45, 2.75) is 73.3 Å². The smallest absolute Gasteiger partial charge is 0.320 e. The zero-order valence-electron chi connectivity index (χ0n) is 26.0. The van der Waals surface area contributed by atoms with E-state index in [9.17, 15) is 24.0 Å². The van der Waals surface area contributed by atoms with E-state index in [0.717, 1.165) is 16.7 Å². The molecule has 1 aromatic heterocycles. The number of cyclic esters (lactones) is 1. The molecule has 1 saturated heterocycles. The van der Waals surface area contributed by atoms with Gasteiger partial charge in [-0.15, -0.1) is 0 Å². The van der Waals surface area contributed by atoms with Crippen molar-refractivity contribution in [2.75, 3.05) is 20.3 Å². The Bertz CT molecular complexity index is 1360. The molecule has 2 heterocycles. The SMILES string of the molecule is CCOC(=O)[C@@H](C(=O)OC)[C@H]1C(C)(C)[C@H](C(=O)OCC)[C@@H]2CC3=C4CC(=O)O[C@@H](c5ccoc5)[C@]4(C)CC[C@@H]3[C@@]1(C)C2=O. The van der Waals surface area contributed by atoms with Gasteiger partial charge in [0.2, 0.25) is 0 Å². The quantitative estimate of drug-likeness (QED) is 0.187. The summed E-state index contributed by atoms with van der Waals surface area (Å²) in [6, 6.07) is 1.79. The maximum absolute atomic E-state index is 14.7. The van der Waals surface area contributed by atoms with Crippen LogP contribution in [0.25, 0.3) is 0 Å². The van der Waals surface area contributed by atoms with Gasteiger partial charge in [-0.2, -0.15) is 0 Å². The van der Waals surface area contributed by atoms with E-state index in [1.807, 2.05) is 20.8 Å². The monoisotopic (exact) mass is 598 g/mol. The summed E-state index contributed by atoms with van der Waals surface area (Å²) in [6.07, 6.45) is 4.06. The van der Waals surface area contributed by atoms with E-state index < -0.39 is 63.9 Å². The maximum atomic E-state index is 14.7. The number of rotatable bonds is 7. The molecule has 1 aliphatic heterocycles. The Balaban J connectivity index is 1.76. The first-order valence-corrected chi connectivity index (χ1v) is 15.2. The molecule has 3 fully saturated rings. The van der Waals surface area contributed by atoms with Crippen molar-refractivity contribution in [3.63, 3.8) is 0 Å². The zero-order valence-corrected chi connectivity index (χ0v) is 26.0. The van der Waals surface area contributed by atoms with E-state index in [0.29, 0.717) is 12.8 Å². The number of fused-ring (bicyclic) bond motifs is 5. The number of esters is 4. The second kappa shape index (κ2) is 10.9. The number of carbonyl (C=O) groups excluding carboxylic acids is 5. The van der Waals surface area contributed by atoms with Crippen LogP contribution in [0.3, 0.4) is 0 Å². The standard InChI is InChI=1S/C33H42O10/c1-8-41-29(37)23(28(36)39-7)25-31(3,4)24(30(38)42-9-2)19-14-18-20(33(25,6)26(19)35)10-12-32(5)21(18)15-22(34)43-27(32)17-11-13-40-16-17/h11,13,16,19-20,23-25,27H,8-10,12,14-15H2,1-7H3/t19-,20-,23+,24-,25-,27-,32+,33+/m0/s1. The topological polar surface area (TPSA) is 135 Å². The van der Waals surface area contributed by atoms with Crippen molar-refractivity contribution in [1.29, 1.82) is 0 Å². The van der Waals surface area contributed by atoms with Gasteiger partial charge >= 0.3 is 23.9 Å². The van der Waals surface area contributed by atoms with Crippen LogP contribution >= 0.6 is 0 Å². The summed E-state index contributed by atoms with van der Waals surface area (Å²) >= 11 is 0. The summed E-state index contributed by atoms with van der Waals surface area (Å²) in [4.78, 5) is 68.6. The first-order valence-electron chi connectivity index (χ1n) is 15.2. The highest BCUT2D eigenvalue weighted by Gasteiger charge is 2.72. The fraction of sp³-hybridized carbons (Fsp3) is 0.667. The van der Waals surface area contributed by atoms with Crippen molar-refractivity contribution in [2.24, 2.45) is 45.8 Å². The molecule has 1 aromatic rings. The Morgan fingerprint density at radius 3 is 2.35 bits per heavy atom. The van der Waals surface area contributed by atoms with Gasteiger partial charge in [-0.25, -0.2) is 0 Å². The fourth-order valence-electron chi connectivity index (χ4n) is 9.41. The van der Waals surface area contributed by atoms with Gasteiger partial charge in [-0.3, -0.25) is 24.0 Å². The van der Waals surface area contributed by atoms with Crippen LogP contribution in [-0.4, -0.2) is 50.0 Å². The average Bonchev–Trinajstić information content (AvgIpc) is 3.48. The van der Waals surface area contributed by atoms with Crippen LogP contribution in [-0.2, 0) is 42.9 Å². The van der Waals surface area contributed by atoms with Gasteiger partial charge in [0.1, 0.15) is 11.9 Å². The lowest BCUT2D eigenvalue weighted by Gasteiger charge is -2.64. The lowest BCUT2D eigenvalue weighted by atomic mass is 9.37. The van der Waals surface area contributed by atoms with E-state index in [2.05, 4.69) is 6.92 Å². The third-order valence-electron chi connectivity index (χ3n) is 11.0. The average molecular weight is 599 g/mol. The minimum Gasteiger partial charge on any atom is -0.472 e. The van der Waals surface area contributed by atoms with Gasteiger partial charge in [0.15, 0.2) is 5.92 Å². The molecule has 0 unspecified atom stereocenters. The van der Waals surface area contributed by atoms with Crippen LogP contribution < -0.4 is 0 Å². The van der Waals surface area contributed by atoms with Gasteiger partial charge < -0.3 is 23.4 Å². The lowest BCUT2D eigenvalue weighted by Crippen LogP contribution is -2.68. The molecule has 0 spiro atoms. The number of ketones is 1. The van der Waals surface area contributed by atoms with Crippen LogP contribution in [0.15, 0.2) is 34.2 Å². The third-order valence-corrected chi connectivity index (χ3v) is 11.0. The number of allylic oxidation sites excluding steroid dienone is 1. The van der Waals surface area contributed by atoms with Crippen molar-refractivity contribution in [1.82, 2.24) is 0 Å². The Hall–Kier alpha value is -3.43. The number of hydrogen-bond donors (Lipinski definition) is 0. The molecule has 3 aliphatic carbocycles. The Morgan fingerprint density at radius 1 is 1.05 bits per heavy atom. The summed E-state index contributed by atoms with van der Waals surface area (Å²) in [5, 5.41) is 0. The number of carbonyl (C=O) groups is 5. The first-order chi connectivity index (χ1) is 20.3. The molecule has 0 radical (unpaired) electrons. The Kier molecular flexibility index (Phi) is 7.88. The van der Waals surface area contributed by atoms with Crippen molar-refractivity contribution in [3.8, 4) is 0 Å². The Labute approximate surface area is 251 Å². The molecule has 5 rings (SSSR count). The van der Waals surface area contributed by atoms with Crippen LogP contribution in [0.1, 0.15) is 78.9 Å². The molecule has 0 aromatic carbocycles. The normalized spacial score (nSPS) is 35.2. The zero-order chi connectivity index (χ0) is 31.5. The molecule has 2 saturated carbocycles. The van der Waals surface area contributed by atoms with Crippen molar-refractivity contribution < 1.29 is 47.3 Å². The summed E-state index contributed by atoms with van der Waals surface area (Å²) in [5.41, 5.74) is -0.247. The minimum absolute atomic E-state index is 0.0304. The largest absolute Gasteiger partial charge is 0.472 e. The molecule has 0 N–H and O–H groups in total. The van der Waals surface area contributed by atoms with E-state index >= 15 is 0 Å². The number of ether oxygens (including phenoxy) is 4. The van der Waals surface area contributed by atoms with Crippen molar-refractivity contribution >= 4 is 29.7 Å². The fourth-order valence-corrected chi connectivity index (χ4v) is 9.41. The highest BCUT2D eigenvalue weighted by molar-refractivity contribution is 6.00. The molecule has 10 heteroatoms. The van der Waals surface area contributed by atoms with Crippen LogP contribution in [0.2, 0.25) is 0 Å². The summed E-state index contributed by atoms with van der Waals surface area (Å²) < 4.78 is 27.3. The number of hydrogen-bond acceptors (Lipinski definition) is 10. The lowest BCUT2D eigenvalue weighted by molar-refractivity contribution is -0.200. The third kappa shape index (κ3) is 4.46. The molecule has 2 bridgehead atoms. The predicted molar refractivity (Wildman–Crippen MR) is 151 cm³/mol. The predicted octanol–water partition coefficient (Wildman–Crippen LogP) is 4.76. The van der Waals surface area contributed by atoms with E-state index in [1.165, 1.54) is 7.11 Å². The number of Topliss-reactive ketones (excluding diaryl/α,β-unsaturated/α-hetero) is 1. The van der Waals surface area contributed by atoms with Gasteiger partial charge in [0.25, 0.3) is 0 Å². The van der Waals surface area contributed by atoms with Crippen LogP contribution in [0, 0.1) is 45.8 Å². The van der Waals surface area contributed by atoms with Crippen molar-refractivity contribution in [3.05, 3.63) is 35.3 Å². The number of methoxy groups -OCH3 is 1. The molecule has 234 valence electrons. The molecular formula is C33H42O10. The Morgan fingerprint density at radius 2 is 1.74 bits per heavy atom. The molecule has 8 atom stereocenters. The summed E-state index contributed by atoms with van der Waals surface area (Å²) in [6.45, 7) is 11.1. The number of furan rings is 1. The van der Waals surface area contributed by atoms with E-state index in [4.69, 9.17) is 23.4 Å². The van der Waals surface area contributed by atoms with Gasteiger partial charge in [0, 0.05) is 28.2 Å². The second-order valence-electron chi connectivity index (χ2n) is 13.4. The highest BCUT2D eigenvalue weighted by Crippen LogP contribution is 2.69. The van der Waals surface area contributed by atoms with E-state index in [-0.39, 0.29) is 43.7 Å². The second-order valence-corrected chi connectivity index (χ2v) is 13.4. The molecule has 4 aliphatic rings. The van der Waals surface area contributed by atoms with Gasteiger partial charge in [0.05, 0.1) is 45.2 Å². The minimum atomic E-state index is -1.44. The maximum Gasteiger partial charge on any atom is 0.320 e. The van der Waals surface area contributed by atoms with Crippen LogP contribution in [0.4, 0.5) is 0 Å². The van der Waals surface area contributed by atoms with Crippen LogP contribution in [0.5, 0.6) is 0 Å². The van der Waals surface area contributed by atoms with Gasteiger partial charge in [-0.05, 0) is 56.1 Å². The summed E-state index contributed by atoms with van der Waals surface area (Å²) in [7, 11) is 1.20.